The fraction of sp³-hybridized carbons (Fsp3) is 0.267. The third kappa shape index (κ3) is 3.80. The number of aryl methyl sites for hydroxylation is 2. The molecule has 1 aromatic heterocycles. The number of carbonyl (C=O) groups is 1. The van der Waals surface area contributed by atoms with Crippen molar-refractivity contribution in [3.05, 3.63) is 40.4 Å². The SMILES string of the molecule is CCc1nc(NC(=O)COc2ccccc2C#N)sc1C. The molecule has 108 valence electrons. The Kier molecular flexibility index (Phi) is 4.90. The molecule has 1 aromatic carbocycles. The number of rotatable bonds is 5. The van der Waals surface area contributed by atoms with Gasteiger partial charge in [-0.15, -0.1) is 11.3 Å². The van der Waals surface area contributed by atoms with Gasteiger partial charge in [0.15, 0.2) is 11.7 Å². The fourth-order valence-corrected chi connectivity index (χ4v) is 2.71. The van der Waals surface area contributed by atoms with Crippen LogP contribution in [0.3, 0.4) is 0 Å². The summed E-state index contributed by atoms with van der Waals surface area (Å²) in [6.07, 6.45) is 0.838. The molecular formula is C15H15N3O2S. The molecule has 0 saturated carbocycles. The molecule has 2 aromatic rings. The quantitative estimate of drug-likeness (QED) is 0.921. The molecule has 1 amide bonds. The van der Waals surface area contributed by atoms with Gasteiger partial charge in [-0.05, 0) is 25.5 Å². The number of amides is 1. The largest absolute Gasteiger partial charge is 0.482 e. The molecule has 5 nitrogen and oxygen atoms in total. The van der Waals surface area contributed by atoms with Gasteiger partial charge in [0, 0.05) is 4.88 Å². The summed E-state index contributed by atoms with van der Waals surface area (Å²) in [4.78, 5) is 17.3. The Morgan fingerprint density at radius 3 is 2.90 bits per heavy atom. The lowest BCUT2D eigenvalue weighted by atomic mass is 10.2. The number of para-hydroxylation sites is 1. The van der Waals surface area contributed by atoms with E-state index in [0.717, 1.165) is 17.0 Å². The van der Waals surface area contributed by atoms with Crippen molar-refractivity contribution in [3.63, 3.8) is 0 Å². The number of carbonyl (C=O) groups excluding carboxylic acids is 1. The Morgan fingerprint density at radius 2 is 2.24 bits per heavy atom. The molecule has 0 aliphatic carbocycles. The lowest BCUT2D eigenvalue weighted by Gasteiger charge is -2.06. The molecule has 21 heavy (non-hydrogen) atoms. The Bertz CT molecular complexity index is 688. The van der Waals surface area contributed by atoms with Crippen molar-refractivity contribution in [2.24, 2.45) is 0 Å². The molecule has 0 fully saturated rings. The van der Waals surface area contributed by atoms with E-state index in [-0.39, 0.29) is 12.5 Å². The molecule has 0 aliphatic rings. The average molecular weight is 301 g/mol. The molecule has 0 saturated heterocycles. The highest BCUT2D eigenvalue weighted by Crippen LogP contribution is 2.22. The van der Waals surface area contributed by atoms with E-state index >= 15 is 0 Å². The average Bonchev–Trinajstić information content (AvgIpc) is 2.85. The van der Waals surface area contributed by atoms with E-state index in [1.54, 1.807) is 24.3 Å². The summed E-state index contributed by atoms with van der Waals surface area (Å²) in [7, 11) is 0. The van der Waals surface area contributed by atoms with Crippen LogP contribution < -0.4 is 10.1 Å². The highest BCUT2D eigenvalue weighted by atomic mass is 32.1. The summed E-state index contributed by atoms with van der Waals surface area (Å²) in [5.74, 6) is 0.110. The molecule has 0 unspecified atom stereocenters. The second-order valence-corrected chi connectivity index (χ2v) is 5.52. The zero-order chi connectivity index (χ0) is 15.2. The lowest BCUT2D eigenvalue weighted by molar-refractivity contribution is -0.118. The number of nitrogens with zero attached hydrogens (tertiary/aromatic N) is 2. The van der Waals surface area contributed by atoms with Crippen LogP contribution in [0.25, 0.3) is 0 Å². The van der Waals surface area contributed by atoms with Crippen molar-refractivity contribution in [3.8, 4) is 11.8 Å². The van der Waals surface area contributed by atoms with Gasteiger partial charge in [0.25, 0.3) is 5.91 Å². The third-order valence-electron chi connectivity index (χ3n) is 2.84. The van der Waals surface area contributed by atoms with Crippen molar-refractivity contribution < 1.29 is 9.53 Å². The molecule has 2 rings (SSSR count). The number of thiazole rings is 1. The topological polar surface area (TPSA) is 75.0 Å². The number of benzene rings is 1. The van der Waals surface area contributed by atoms with Crippen LogP contribution in [0, 0.1) is 18.3 Å². The number of hydrogen-bond acceptors (Lipinski definition) is 5. The molecule has 0 aliphatic heterocycles. The normalized spacial score (nSPS) is 9.95. The molecule has 0 spiro atoms. The Labute approximate surface area is 127 Å². The molecule has 0 atom stereocenters. The summed E-state index contributed by atoms with van der Waals surface area (Å²) in [6, 6.07) is 8.83. The van der Waals surface area contributed by atoms with Crippen LogP contribution in [0.1, 0.15) is 23.1 Å². The van der Waals surface area contributed by atoms with Crippen LogP contribution in [0.5, 0.6) is 5.75 Å². The molecule has 6 heteroatoms. The minimum atomic E-state index is -0.292. The summed E-state index contributed by atoms with van der Waals surface area (Å²) >= 11 is 1.45. The standard InChI is InChI=1S/C15H15N3O2S/c1-3-12-10(2)21-15(17-12)18-14(19)9-20-13-7-5-4-6-11(13)8-16/h4-7H,3,9H2,1-2H3,(H,17,18,19). The zero-order valence-electron chi connectivity index (χ0n) is 11.8. The van der Waals surface area contributed by atoms with Gasteiger partial charge in [0.1, 0.15) is 11.8 Å². The van der Waals surface area contributed by atoms with Crippen molar-refractivity contribution >= 4 is 22.4 Å². The van der Waals surface area contributed by atoms with Crippen molar-refractivity contribution in [2.75, 3.05) is 11.9 Å². The molecule has 1 N–H and O–H groups in total. The van der Waals surface area contributed by atoms with Gasteiger partial charge in [0.05, 0.1) is 11.3 Å². The van der Waals surface area contributed by atoms with E-state index < -0.39 is 0 Å². The van der Waals surface area contributed by atoms with Crippen LogP contribution in [0.4, 0.5) is 5.13 Å². The number of aromatic nitrogens is 1. The van der Waals surface area contributed by atoms with E-state index in [9.17, 15) is 4.79 Å². The minimum Gasteiger partial charge on any atom is -0.482 e. The van der Waals surface area contributed by atoms with Gasteiger partial charge in [-0.1, -0.05) is 19.1 Å². The summed E-state index contributed by atoms with van der Waals surface area (Å²) in [5.41, 5.74) is 1.40. The monoisotopic (exact) mass is 301 g/mol. The van der Waals surface area contributed by atoms with Crippen molar-refractivity contribution in [1.82, 2.24) is 4.98 Å². The molecule has 1 heterocycles. The second kappa shape index (κ2) is 6.86. The number of anilines is 1. The summed E-state index contributed by atoms with van der Waals surface area (Å²) < 4.78 is 5.37. The smallest absolute Gasteiger partial charge is 0.264 e. The van der Waals surface area contributed by atoms with E-state index in [0.29, 0.717) is 16.4 Å². The first-order valence-corrected chi connectivity index (χ1v) is 7.33. The fourth-order valence-electron chi connectivity index (χ4n) is 1.79. The number of ether oxygens (including phenoxy) is 1. The number of hydrogen-bond donors (Lipinski definition) is 1. The van der Waals surface area contributed by atoms with E-state index in [1.807, 2.05) is 19.9 Å². The number of nitrogens with one attached hydrogen (secondary N) is 1. The highest BCUT2D eigenvalue weighted by molar-refractivity contribution is 7.15. The number of nitriles is 1. The predicted molar refractivity (Wildman–Crippen MR) is 81.5 cm³/mol. The van der Waals surface area contributed by atoms with E-state index in [1.165, 1.54) is 11.3 Å². The van der Waals surface area contributed by atoms with Gasteiger partial charge >= 0.3 is 0 Å². The lowest BCUT2D eigenvalue weighted by Crippen LogP contribution is -2.20. The minimum absolute atomic E-state index is 0.154. The van der Waals surface area contributed by atoms with Gasteiger partial charge < -0.3 is 4.74 Å². The van der Waals surface area contributed by atoms with E-state index in [4.69, 9.17) is 10.00 Å². The molecule has 0 radical (unpaired) electrons. The maximum atomic E-state index is 11.8. The Hall–Kier alpha value is -2.39. The Balaban J connectivity index is 1.94. The Morgan fingerprint density at radius 1 is 1.48 bits per heavy atom. The van der Waals surface area contributed by atoms with Crippen molar-refractivity contribution in [2.45, 2.75) is 20.3 Å². The van der Waals surface area contributed by atoms with Gasteiger partial charge in [-0.2, -0.15) is 5.26 Å². The maximum absolute atomic E-state index is 11.8. The van der Waals surface area contributed by atoms with E-state index in [2.05, 4.69) is 10.3 Å². The molecule has 0 bridgehead atoms. The van der Waals surface area contributed by atoms with Crippen LogP contribution >= 0.6 is 11.3 Å². The van der Waals surface area contributed by atoms with Crippen LogP contribution in [0.2, 0.25) is 0 Å². The first-order valence-electron chi connectivity index (χ1n) is 6.52. The van der Waals surface area contributed by atoms with Crippen molar-refractivity contribution in [1.29, 1.82) is 5.26 Å². The van der Waals surface area contributed by atoms with Gasteiger partial charge in [-0.3, -0.25) is 10.1 Å². The highest BCUT2D eigenvalue weighted by Gasteiger charge is 2.10. The summed E-state index contributed by atoms with van der Waals surface area (Å²) in [6.45, 7) is 3.85. The summed E-state index contributed by atoms with van der Waals surface area (Å²) in [5, 5.41) is 12.2. The van der Waals surface area contributed by atoms with Crippen LogP contribution in [0.15, 0.2) is 24.3 Å². The zero-order valence-corrected chi connectivity index (χ0v) is 12.7. The second-order valence-electron chi connectivity index (χ2n) is 4.32. The van der Waals surface area contributed by atoms with Crippen LogP contribution in [-0.2, 0) is 11.2 Å². The van der Waals surface area contributed by atoms with Gasteiger partial charge in [-0.25, -0.2) is 4.98 Å². The van der Waals surface area contributed by atoms with Crippen LogP contribution in [-0.4, -0.2) is 17.5 Å². The predicted octanol–water partition coefficient (Wildman–Crippen LogP) is 2.90. The van der Waals surface area contributed by atoms with Gasteiger partial charge in [0.2, 0.25) is 0 Å². The first kappa shape index (κ1) is 15.0. The third-order valence-corrected chi connectivity index (χ3v) is 3.77. The molecular weight excluding hydrogens is 286 g/mol. The maximum Gasteiger partial charge on any atom is 0.264 e. The first-order chi connectivity index (χ1) is 10.1.